The van der Waals surface area contributed by atoms with Crippen LogP contribution in [-0.2, 0) is 17.9 Å². The molecule has 18 heavy (non-hydrogen) atoms. The number of nitrogens with one attached hydrogen (secondary N) is 1. The Morgan fingerprint density at radius 2 is 2.22 bits per heavy atom. The minimum atomic E-state index is -0.498. The summed E-state index contributed by atoms with van der Waals surface area (Å²) in [5.74, 6) is -0.130. The van der Waals surface area contributed by atoms with E-state index in [0.29, 0.717) is 0 Å². The summed E-state index contributed by atoms with van der Waals surface area (Å²) in [7, 11) is 0. The summed E-state index contributed by atoms with van der Waals surface area (Å²) in [4.78, 5) is 14.2. The highest BCUT2D eigenvalue weighted by Gasteiger charge is 2.33. The van der Waals surface area contributed by atoms with Crippen molar-refractivity contribution in [3.05, 3.63) is 29.3 Å². The normalized spacial score (nSPS) is 20.6. The molecule has 0 saturated heterocycles. The maximum absolute atomic E-state index is 11.7. The predicted molar refractivity (Wildman–Crippen MR) is 72.7 cm³/mol. The first-order chi connectivity index (χ1) is 8.65. The molecule has 3 rings (SSSR count). The van der Waals surface area contributed by atoms with Gasteiger partial charge >= 0.3 is 0 Å². The molecule has 1 N–H and O–H groups in total. The monoisotopic (exact) mass is 264 g/mol. The lowest BCUT2D eigenvalue weighted by Gasteiger charge is -2.13. The third-order valence-electron chi connectivity index (χ3n) is 3.69. The Hall–Kier alpha value is -1.06. The lowest BCUT2D eigenvalue weighted by Crippen LogP contribution is -2.22. The molecule has 4 heteroatoms. The zero-order valence-electron chi connectivity index (χ0n) is 10.4. The number of amides is 1. The van der Waals surface area contributed by atoms with Crippen molar-refractivity contribution in [2.45, 2.75) is 44.3 Å². The molecule has 0 bridgehead atoms. The van der Waals surface area contributed by atoms with Crippen LogP contribution in [0.25, 0.3) is 0 Å². The number of halogens is 1. The van der Waals surface area contributed by atoms with Gasteiger partial charge in [-0.1, -0.05) is 12.1 Å². The van der Waals surface area contributed by atoms with Gasteiger partial charge in [0.2, 0.25) is 5.91 Å². The first-order valence-corrected chi connectivity index (χ1v) is 6.88. The fourth-order valence-electron chi connectivity index (χ4n) is 2.49. The number of alkyl halides is 1. The van der Waals surface area contributed by atoms with Crippen LogP contribution in [0.5, 0.6) is 0 Å². The maximum atomic E-state index is 11.7. The van der Waals surface area contributed by atoms with E-state index < -0.39 is 5.38 Å². The van der Waals surface area contributed by atoms with Gasteiger partial charge in [-0.2, -0.15) is 0 Å². The van der Waals surface area contributed by atoms with Crippen LogP contribution in [0.4, 0.5) is 5.69 Å². The minimum absolute atomic E-state index is 0.130. The Labute approximate surface area is 112 Å². The van der Waals surface area contributed by atoms with Gasteiger partial charge in [0.1, 0.15) is 5.38 Å². The number of hydrogen-bond acceptors (Lipinski definition) is 2. The zero-order valence-corrected chi connectivity index (χ0v) is 11.2. The molecule has 1 atom stereocenters. The third kappa shape index (κ3) is 2.25. The van der Waals surface area contributed by atoms with Crippen molar-refractivity contribution in [3.8, 4) is 0 Å². The summed E-state index contributed by atoms with van der Waals surface area (Å²) >= 11 is 5.80. The van der Waals surface area contributed by atoms with E-state index in [-0.39, 0.29) is 5.91 Å². The van der Waals surface area contributed by atoms with Gasteiger partial charge in [0, 0.05) is 24.8 Å². The van der Waals surface area contributed by atoms with E-state index in [2.05, 4.69) is 16.3 Å². The summed E-state index contributed by atoms with van der Waals surface area (Å²) in [6, 6.07) is 6.88. The van der Waals surface area contributed by atoms with E-state index in [1.54, 1.807) is 6.92 Å². The van der Waals surface area contributed by atoms with Gasteiger partial charge in [-0.3, -0.25) is 9.69 Å². The number of hydrogen-bond donors (Lipinski definition) is 1. The van der Waals surface area contributed by atoms with E-state index >= 15 is 0 Å². The van der Waals surface area contributed by atoms with Crippen molar-refractivity contribution in [1.29, 1.82) is 0 Å². The number of rotatable bonds is 3. The SMILES string of the molecule is CC(Cl)C(=O)Nc1cccc2c1CN(C1CC1)C2. The summed E-state index contributed by atoms with van der Waals surface area (Å²) in [6.07, 6.45) is 2.63. The molecule has 1 saturated carbocycles. The van der Waals surface area contributed by atoms with Crippen molar-refractivity contribution < 1.29 is 4.79 Å². The molecule has 1 amide bonds. The summed E-state index contributed by atoms with van der Waals surface area (Å²) in [5.41, 5.74) is 3.52. The van der Waals surface area contributed by atoms with Crippen LogP contribution in [0.15, 0.2) is 18.2 Å². The Bertz CT molecular complexity index is 483. The standard InChI is InChI=1S/C14H17ClN2O/c1-9(15)14(18)16-13-4-2-3-10-7-17(8-12(10)13)11-5-6-11/h2-4,9,11H,5-8H2,1H3,(H,16,18). The van der Waals surface area contributed by atoms with Crippen LogP contribution in [-0.4, -0.2) is 22.2 Å². The van der Waals surface area contributed by atoms with Crippen molar-refractivity contribution in [2.24, 2.45) is 0 Å². The van der Waals surface area contributed by atoms with Gasteiger partial charge in [-0.05, 0) is 37.0 Å². The van der Waals surface area contributed by atoms with Gasteiger partial charge in [0.05, 0.1) is 0 Å². The number of fused-ring (bicyclic) bond motifs is 1. The second-order valence-electron chi connectivity index (χ2n) is 5.18. The Morgan fingerprint density at radius 1 is 1.44 bits per heavy atom. The molecule has 1 aliphatic carbocycles. The fraction of sp³-hybridized carbons (Fsp3) is 0.500. The number of anilines is 1. The molecule has 2 aliphatic rings. The molecule has 1 aliphatic heterocycles. The average Bonchev–Trinajstić information content (AvgIpc) is 3.09. The van der Waals surface area contributed by atoms with Gasteiger partial charge in [0.15, 0.2) is 0 Å². The Balaban J connectivity index is 1.81. The first kappa shape index (κ1) is 12.0. The highest BCUT2D eigenvalue weighted by molar-refractivity contribution is 6.32. The van der Waals surface area contributed by atoms with Crippen molar-refractivity contribution in [1.82, 2.24) is 4.90 Å². The van der Waals surface area contributed by atoms with E-state index in [1.165, 1.54) is 24.0 Å². The largest absolute Gasteiger partial charge is 0.325 e. The van der Waals surface area contributed by atoms with Crippen molar-refractivity contribution >= 4 is 23.2 Å². The van der Waals surface area contributed by atoms with Gasteiger partial charge < -0.3 is 5.32 Å². The molecule has 1 aromatic carbocycles. The van der Waals surface area contributed by atoms with E-state index in [0.717, 1.165) is 24.8 Å². The lowest BCUT2D eigenvalue weighted by atomic mass is 10.1. The highest BCUT2D eigenvalue weighted by Crippen LogP contribution is 2.37. The van der Waals surface area contributed by atoms with E-state index in [9.17, 15) is 4.79 Å². The molecule has 1 heterocycles. The second-order valence-corrected chi connectivity index (χ2v) is 5.84. The summed E-state index contributed by atoms with van der Waals surface area (Å²) in [5, 5.41) is 2.43. The van der Waals surface area contributed by atoms with Crippen molar-refractivity contribution in [2.75, 3.05) is 5.32 Å². The van der Waals surface area contributed by atoms with Gasteiger partial charge in [-0.25, -0.2) is 0 Å². The maximum Gasteiger partial charge on any atom is 0.242 e. The molecule has 0 radical (unpaired) electrons. The second kappa shape index (κ2) is 4.56. The van der Waals surface area contributed by atoms with Gasteiger partial charge in [-0.15, -0.1) is 11.6 Å². The summed E-state index contributed by atoms with van der Waals surface area (Å²) in [6.45, 7) is 3.66. The molecule has 1 fully saturated rings. The van der Waals surface area contributed by atoms with Crippen LogP contribution in [0.1, 0.15) is 30.9 Å². The van der Waals surface area contributed by atoms with E-state index in [1.807, 2.05) is 12.1 Å². The van der Waals surface area contributed by atoms with Crippen LogP contribution in [0, 0.1) is 0 Å². The number of nitrogens with zero attached hydrogens (tertiary/aromatic N) is 1. The molecule has 1 aromatic rings. The van der Waals surface area contributed by atoms with Crippen LogP contribution < -0.4 is 5.32 Å². The minimum Gasteiger partial charge on any atom is -0.325 e. The summed E-state index contributed by atoms with van der Waals surface area (Å²) < 4.78 is 0. The fourth-order valence-corrected chi connectivity index (χ4v) is 2.55. The highest BCUT2D eigenvalue weighted by atomic mass is 35.5. The Morgan fingerprint density at radius 3 is 2.89 bits per heavy atom. The van der Waals surface area contributed by atoms with E-state index in [4.69, 9.17) is 11.6 Å². The van der Waals surface area contributed by atoms with Crippen LogP contribution in [0.3, 0.4) is 0 Å². The topological polar surface area (TPSA) is 32.3 Å². The molecular formula is C14H17ClN2O. The molecule has 3 nitrogen and oxygen atoms in total. The molecule has 96 valence electrons. The average molecular weight is 265 g/mol. The molecule has 1 unspecified atom stereocenters. The lowest BCUT2D eigenvalue weighted by molar-refractivity contribution is -0.115. The van der Waals surface area contributed by atoms with Crippen LogP contribution >= 0.6 is 11.6 Å². The van der Waals surface area contributed by atoms with Gasteiger partial charge in [0.25, 0.3) is 0 Å². The number of carbonyl (C=O) groups excluding carboxylic acids is 1. The molecule has 0 aromatic heterocycles. The van der Waals surface area contributed by atoms with Crippen molar-refractivity contribution in [3.63, 3.8) is 0 Å². The quantitative estimate of drug-likeness (QED) is 0.852. The molecule has 0 spiro atoms. The smallest absolute Gasteiger partial charge is 0.242 e. The Kier molecular flexibility index (Phi) is 3.04. The zero-order chi connectivity index (χ0) is 12.7. The third-order valence-corrected chi connectivity index (χ3v) is 3.89. The van der Waals surface area contributed by atoms with Crippen LogP contribution in [0.2, 0.25) is 0 Å². The first-order valence-electron chi connectivity index (χ1n) is 6.45. The number of benzene rings is 1. The molecular weight excluding hydrogens is 248 g/mol. The number of carbonyl (C=O) groups is 1. The predicted octanol–water partition coefficient (Wildman–Crippen LogP) is 2.73.